The highest BCUT2D eigenvalue weighted by Crippen LogP contribution is 2.59. The lowest BCUT2D eigenvalue weighted by Gasteiger charge is -2.32. The second-order valence-electron chi connectivity index (χ2n) is 7.54. The SMILES string of the molecule is Cc1c(C(=O)N2CCC3(CC2)CC3C(=O)O)cnn1Cc1ccccc1. The molecule has 1 N–H and O–H groups in total. The van der Waals surface area contributed by atoms with Gasteiger partial charge in [-0.1, -0.05) is 30.3 Å². The molecule has 1 saturated carbocycles. The third-order valence-corrected chi connectivity index (χ3v) is 6.04. The van der Waals surface area contributed by atoms with Crippen molar-refractivity contribution >= 4 is 11.9 Å². The molecule has 1 aromatic heterocycles. The molecule has 1 aliphatic heterocycles. The van der Waals surface area contributed by atoms with Crippen molar-refractivity contribution in [3.63, 3.8) is 0 Å². The van der Waals surface area contributed by atoms with Gasteiger partial charge >= 0.3 is 5.97 Å². The van der Waals surface area contributed by atoms with Gasteiger partial charge in [-0.25, -0.2) is 0 Å². The molecular weight excluding hydrogens is 330 g/mol. The Hall–Kier alpha value is -2.63. The molecule has 2 heterocycles. The van der Waals surface area contributed by atoms with E-state index in [4.69, 9.17) is 0 Å². The molecule has 6 nitrogen and oxygen atoms in total. The van der Waals surface area contributed by atoms with E-state index in [9.17, 15) is 14.7 Å². The Balaban J connectivity index is 1.42. The van der Waals surface area contributed by atoms with Gasteiger partial charge in [0.05, 0.1) is 24.2 Å². The molecule has 26 heavy (non-hydrogen) atoms. The number of carboxylic acid groups (broad SMARTS) is 1. The van der Waals surface area contributed by atoms with Crippen molar-refractivity contribution in [1.82, 2.24) is 14.7 Å². The van der Waals surface area contributed by atoms with E-state index in [2.05, 4.69) is 5.10 Å². The van der Waals surface area contributed by atoms with Crippen molar-refractivity contribution in [1.29, 1.82) is 0 Å². The molecule has 6 heteroatoms. The van der Waals surface area contributed by atoms with E-state index in [1.54, 1.807) is 6.20 Å². The second kappa shape index (κ2) is 6.27. The van der Waals surface area contributed by atoms with Crippen LogP contribution in [0.2, 0.25) is 0 Å². The minimum Gasteiger partial charge on any atom is -0.481 e. The van der Waals surface area contributed by atoms with Crippen LogP contribution in [0.1, 0.15) is 40.9 Å². The molecule has 1 spiro atoms. The predicted molar refractivity (Wildman–Crippen MR) is 95.8 cm³/mol. The van der Waals surface area contributed by atoms with Crippen LogP contribution in [-0.4, -0.2) is 44.8 Å². The number of nitrogens with zero attached hydrogens (tertiary/aromatic N) is 3. The van der Waals surface area contributed by atoms with Crippen LogP contribution in [0, 0.1) is 18.3 Å². The highest BCUT2D eigenvalue weighted by Gasteiger charge is 2.59. The number of carbonyl (C=O) groups is 2. The number of piperidine rings is 1. The molecule has 1 atom stereocenters. The van der Waals surface area contributed by atoms with Gasteiger partial charge in [-0.2, -0.15) is 5.10 Å². The Bertz CT molecular complexity index is 835. The van der Waals surface area contributed by atoms with E-state index in [-0.39, 0.29) is 17.2 Å². The molecule has 1 aromatic carbocycles. The summed E-state index contributed by atoms with van der Waals surface area (Å²) < 4.78 is 1.86. The maximum absolute atomic E-state index is 12.9. The third kappa shape index (κ3) is 2.89. The smallest absolute Gasteiger partial charge is 0.307 e. The molecule has 2 aliphatic rings. The number of carboxylic acids is 1. The van der Waals surface area contributed by atoms with Crippen molar-refractivity contribution in [3.05, 3.63) is 53.3 Å². The lowest BCUT2D eigenvalue weighted by molar-refractivity contribution is -0.139. The van der Waals surface area contributed by atoms with Crippen LogP contribution in [0.25, 0.3) is 0 Å². The maximum Gasteiger partial charge on any atom is 0.307 e. The summed E-state index contributed by atoms with van der Waals surface area (Å²) in [6.45, 7) is 3.83. The fourth-order valence-corrected chi connectivity index (χ4v) is 4.15. The average molecular weight is 353 g/mol. The third-order valence-electron chi connectivity index (χ3n) is 6.04. The van der Waals surface area contributed by atoms with Gasteiger partial charge in [0, 0.05) is 18.8 Å². The average Bonchev–Trinajstić information content (AvgIpc) is 3.24. The summed E-state index contributed by atoms with van der Waals surface area (Å²) in [5, 5.41) is 13.6. The molecule has 1 aliphatic carbocycles. The van der Waals surface area contributed by atoms with E-state index in [0.29, 0.717) is 25.2 Å². The van der Waals surface area contributed by atoms with Crippen LogP contribution in [0.4, 0.5) is 0 Å². The van der Waals surface area contributed by atoms with Gasteiger partial charge in [-0.3, -0.25) is 14.3 Å². The van der Waals surface area contributed by atoms with Crippen LogP contribution in [0.3, 0.4) is 0 Å². The molecule has 136 valence electrons. The molecule has 2 fully saturated rings. The zero-order valence-corrected chi connectivity index (χ0v) is 14.9. The molecule has 1 amide bonds. The number of hydrogen-bond acceptors (Lipinski definition) is 3. The zero-order chi connectivity index (χ0) is 18.3. The topological polar surface area (TPSA) is 75.4 Å². The molecule has 1 unspecified atom stereocenters. The van der Waals surface area contributed by atoms with Crippen molar-refractivity contribution in [2.45, 2.75) is 32.7 Å². The highest BCUT2D eigenvalue weighted by atomic mass is 16.4. The molecule has 2 aromatic rings. The van der Waals surface area contributed by atoms with Gasteiger partial charge in [-0.15, -0.1) is 0 Å². The largest absolute Gasteiger partial charge is 0.481 e. The first-order valence-corrected chi connectivity index (χ1v) is 9.09. The van der Waals surface area contributed by atoms with Crippen molar-refractivity contribution < 1.29 is 14.7 Å². The van der Waals surface area contributed by atoms with Gasteiger partial charge in [-0.05, 0) is 37.2 Å². The second-order valence-corrected chi connectivity index (χ2v) is 7.54. The fourth-order valence-electron chi connectivity index (χ4n) is 4.15. The highest BCUT2D eigenvalue weighted by molar-refractivity contribution is 5.95. The number of aromatic nitrogens is 2. The summed E-state index contributed by atoms with van der Waals surface area (Å²) >= 11 is 0. The number of aliphatic carboxylic acids is 1. The van der Waals surface area contributed by atoms with Crippen LogP contribution in [-0.2, 0) is 11.3 Å². The van der Waals surface area contributed by atoms with Gasteiger partial charge in [0.15, 0.2) is 0 Å². The summed E-state index contributed by atoms with van der Waals surface area (Å²) in [6.07, 6.45) is 3.99. The first kappa shape index (κ1) is 16.8. The van der Waals surface area contributed by atoms with Gasteiger partial charge < -0.3 is 10.0 Å². The van der Waals surface area contributed by atoms with Crippen LogP contribution < -0.4 is 0 Å². The monoisotopic (exact) mass is 353 g/mol. The predicted octanol–water partition coefficient (Wildman–Crippen LogP) is 2.57. The van der Waals surface area contributed by atoms with E-state index < -0.39 is 5.97 Å². The summed E-state index contributed by atoms with van der Waals surface area (Å²) in [6, 6.07) is 10.0. The van der Waals surface area contributed by atoms with E-state index in [1.807, 2.05) is 46.8 Å². The van der Waals surface area contributed by atoms with Gasteiger partial charge in [0.1, 0.15) is 0 Å². The number of likely N-dealkylation sites (tertiary alicyclic amines) is 1. The van der Waals surface area contributed by atoms with E-state index in [0.717, 1.165) is 30.5 Å². The summed E-state index contributed by atoms with van der Waals surface area (Å²) in [5.41, 5.74) is 2.59. The number of hydrogen-bond donors (Lipinski definition) is 1. The minimum absolute atomic E-state index is 0.00388. The minimum atomic E-state index is -0.692. The van der Waals surface area contributed by atoms with Gasteiger partial charge in [0.25, 0.3) is 5.91 Å². The molecule has 0 bridgehead atoms. The zero-order valence-electron chi connectivity index (χ0n) is 14.9. The molecule has 1 saturated heterocycles. The summed E-state index contributed by atoms with van der Waals surface area (Å²) in [7, 11) is 0. The van der Waals surface area contributed by atoms with Crippen LogP contribution >= 0.6 is 0 Å². The molecule has 0 radical (unpaired) electrons. The van der Waals surface area contributed by atoms with Crippen molar-refractivity contribution in [3.8, 4) is 0 Å². The van der Waals surface area contributed by atoms with Gasteiger partial charge in [0.2, 0.25) is 0 Å². The number of amides is 1. The van der Waals surface area contributed by atoms with Crippen molar-refractivity contribution in [2.75, 3.05) is 13.1 Å². The van der Waals surface area contributed by atoms with E-state index in [1.165, 1.54) is 0 Å². The number of benzene rings is 1. The first-order chi connectivity index (χ1) is 12.5. The lowest BCUT2D eigenvalue weighted by atomic mass is 9.90. The quantitative estimate of drug-likeness (QED) is 0.917. The van der Waals surface area contributed by atoms with Crippen LogP contribution in [0.15, 0.2) is 36.5 Å². The molecular formula is C20H23N3O3. The van der Waals surface area contributed by atoms with E-state index >= 15 is 0 Å². The fraction of sp³-hybridized carbons (Fsp3) is 0.450. The Kier molecular flexibility index (Phi) is 4.05. The first-order valence-electron chi connectivity index (χ1n) is 9.09. The van der Waals surface area contributed by atoms with Crippen LogP contribution in [0.5, 0.6) is 0 Å². The number of rotatable bonds is 4. The Labute approximate surface area is 152 Å². The standard InChI is InChI=1S/C20H23N3O3/c1-14-16(12-21-23(14)13-15-5-3-2-4-6-15)18(24)22-9-7-20(8-10-22)11-17(20)19(25)26/h2-6,12,17H,7-11,13H2,1H3,(H,25,26). The summed E-state index contributed by atoms with van der Waals surface area (Å²) in [5.74, 6) is -0.901. The maximum atomic E-state index is 12.9. The normalized spacial score (nSPS) is 21.0. The Morgan fingerprint density at radius 1 is 1.23 bits per heavy atom. The van der Waals surface area contributed by atoms with Crippen molar-refractivity contribution in [2.24, 2.45) is 11.3 Å². The Morgan fingerprint density at radius 2 is 1.92 bits per heavy atom. The Morgan fingerprint density at radius 3 is 2.54 bits per heavy atom. The molecule has 4 rings (SSSR count). The number of carbonyl (C=O) groups excluding carboxylic acids is 1. The lowest BCUT2D eigenvalue weighted by Crippen LogP contribution is -2.40. The summed E-state index contributed by atoms with van der Waals surface area (Å²) in [4.78, 5) is 25.9.